The predicted molar refractivity (Wildman–Crippen MR) is 37.9 cm³/mol. The quantitative estimate of drug-likeness (QED) is 0.228. The summed E-state index contributed by atoms with van der Waals surface area (Å²) in [5.74, 6) is 3.81. The number of aliphatic hydroxyl groups excluding tert-OH is 1. The van der Waals surface area contributed by atoms with Gasteiger partial charge in [-0.15, -0.1) is 0 Å². The lowest BCUT2D eigenvalue weighted by Crippen LogP contribution is -2.40. The van der Waals surface area contributed by atoms with Crippen molar-refractivity contribution in [2.75, 3.05) is 6.61 Å². The minimum absolute atomic E-state index is 0.252. The van der Waals surface area contributed by atoms with E-state index in [0.29, 0.717) is 5.01 Å². The van der Waals surface area contributed by atoms with E-state index < -0.39 is 11.8 Å². The van der Waals surface area contributed by atoms with Gasteiger partial charge < -0.3 is 5.11 Å². The number of hydrogen-bond donors (Lipinski definition) is 2. The summed E-state index contributed by atoms with van der Waals surface area (Å²) >= 11 is 0. The maximum atomic E-state index is 10.7. The first-order valence-electron chi connectivity index (χ1n) is 2.96. The Labute approximate surface area is 64.1 Å². The number of carbonyl (C=O) groups is 2. The number of carbonyl (C=O) groups excluding carboxylic acids is 2. The van der Waals surface area contributed by atoms with Crippen LogP contribution in [0.3, 0.4) is 0 Å². The zero-order valence-corrected chi connectivity index (χ0v) is 6.15. The standard InChI is InChI=1S/C6H10N2O3/c1-5(10)8(7)6(11)3-2-4-9/h2-3,9H,4,7H2,1H3. The van der Waals surface area contributed by atoms with Crippen LogP contribution in [0.2, 0.25) is 0 Å². The molecule has 0 aromatic carbocycles. The van der Waals surface area contributed by atoms with Crippen LogP contribution in [0.1, 0.15) is 6.92 Å². The summed E-state index contributed by atoms with van der Waals surface area (Å²) in [6.07, 6.45) is 2.23. The van der Waals surface area contributed by atoms with E-state index in [4.69, 9.17) is 10.9 Å². The van der Waals surface area contributed by atoms with Gasteiger partial charge in [0.2, 0.25) is 5.91 Å². The Hall–Kier alpha value is -1.20. The molecule has 0 fully saturated rings. The maximum Gasteiger partial charge on any atom is 0.267 e. The Bertz CT molecular complexity index is 188. The molecule has 0 saturated carbocycles. The molecule has 0 aromatic heterocycles. The Morgan fingerprint density at radius 1 is 1.64 bits per heavy atom. The van der Waals surface area contributed by atoms with Crippen LogP contribution >= 0.6 is 0 Å². The summed E-state index contributed by atoms with van der Waals surface area (Å²) in [4.78, 5) is 21.2. The first-order valence-corrected chi connectivity index (χ1v) is 2.96. The second-order valence-electron chi connectivity index (χ2n) is 1.81. The molecule has 0 aliphatic rings. The van der Waals surface area contributed by atoms with Crippen molar-refractivity contribution in [3.8, 4) is 0 Å². The second kappa shape index (κ2) is 4.59. The molecule has 0 spiro atoms. The van der Waals surface area contributed by atoms with Crippen molar-refractivity contribution in [1.82, 2.24) is 5.01 Å². The van der Waals surface area contributed by atoms with E-state index in [1.165, 1.54) is 13.0 Å². The van der Waals surface area contributed by atoms with E-state index in [0.717, 1.165) is 6.08 Å². The minimum atomic E-state index is -0.647. The molecule has 0 rings (SSSR count). The molecule has 0 saturated heterocycles. The van der Waals surface area contributed by atoms with Crippen molar-refractivity contribution < 1.29 is 14.7 Å². The molecule has 0 unspecified atom stereocenters. The molecular formula is C6H10N2O3. The number of imide groups is 1. The summed E-state index contributed by atoms with van der Waals surface area (Å²) < 4.78 is 0. The van der Waals surface area contributed by atoms with E-state index >= 15 is 0 Å². The summed E-state index contributed by atoms with van der Waals surface area (Å²) in [5, 5.41) is 8.72. The molecular weight excluding hydrogens is 148 g/mol. The maximum absolute atomic E-state index is 10.7. The Balaban J connectivity index is 4.03. The topological polar surface area (TPSA) is 83.6 Å². The van der Waals surface area contributed by atoms with Gasteiger partial charge in [-0.05, 0) is 0 Å². The molecule has 5 nitrogen and oxygen atoms in total. The average molecular weight is 158 g/mol. The number of rotatable bonds is 2. The van der Waals surface area contributed by atoms with Crippen LogP contribution in [0, 0.1) is 0 Å². The Morgan fingerprint density at radius 2 is 2.18 bits per heavy atom. The van der Waals surface area contributed by atoms with E-state index in [2.05, 4.69) is 0 Å². The largest absolute Gasteiger partial charge is 0.392 e. The number of aliphatic hydroxyl groups is 1. The lowest BCUT2D eigenvalue weighted by atomic mass is 10.4. The molecule has 0 atom stereocenters. The van der Waals surface area contributed by atoms with Crippen molar-refractivity contribution in [2.45, 2.75) is 6.92 Å². The summed E-state index contributed by atoms with van der Waals surface area (Å²) in [6, 6.07) is 0. The van der Waals surface area contributed by atoms with Gasteiger partial charge in [-0.3, -0.25) is 9.59 Å². The number of hydrazine groups is 1. The lowest BCUT2D eigenvalue weighted by Gasteiger charge is -2.07. The first kappa shape index (κ1) is 9.80. The first-order chi connectivity index (χ1) is 5.09. The molecule has 11 heavy (non-hydrogen) atoms. The van der Waals surface area contributed by atoms with Crippen LogP contribution in [-0.2, 0) is 9.59 Å². The van der Waals surface area contributed by atoms with Gasteiger partial charge in [-0.1, -0.05) is 6.08 Å². The van der Waals surface area contributed by atoms with Crippen molar-refractivity contribution in [3.63, 3.8) is 0 Å². The third kappa shape index (κ3) is 3.49. The van der Waals surface area contributed by atoms with Gasteiger partial charge in [0.1, 0.15) is 0 Å². The van der Waals surface area contributed by atoms with Crippen molar-refractivity contribution in [3.05, 3.63) is 12.2 Å². The van der Waals surface area contributed by atoms with Crippen LogP contribution in [0.15, 0.2) is 12.2 Å². The van der Waals surface area contributed by atoms with E-state index in [9.17, 15) is 9.59 Å². The number of nitrogens with zero attached hydrogens (tertiary/aromatic N) is 1. The van der Waals surface area contributed by atoms with Crippen LogP contribution in [0.25, 0.3) is 0 Å². The summed E-state index contributed by atoms with van der Waals surface area (Å²) in [7, 11) is 0. The van der Waals surface area contributed by atoms with Crippen LogP contribution < -0.4 is 5.84 Å². The normalized spacial score (nSPS) is 10.1. The molecule has 0 aromatic rings. The average Bonchev–Trinajstić information content (AvgIpc) is 1.98. The molecule has 0 bridgehead atoms. The third-order valence-electron chi connectivity index (χ3n) is 0.943. The smallest absolute Gasteiger partial charge is 0.267 e. The number of hydrogen-bond acceptors (Lipinski definition) is 4. The molecule has 3 N–H and O–H groups in total. The van der Waals surface area contributed by atoms with Gasteiger partial charge in [0.25, 0.3) is 5.91 Å². The van der Waals surface area contributed by atoms with Crippen LogP contribution in [0.4, 0.5) is 0 Å². The number of amides is 2. The zero-order chi connectivity index (χ0) is 8.85. The van der Waals surface area contributed by atoms with Crippen LogP contribution in [-0.4, -0.2) is 28.5 Å². The van der Waals surface area contributed by atoms with E-state index in [-0.39, 0.29) is 6.61 Å². The molecule has 0 radical (unpaired) electrons. The molecule has 62 valence electrons. The molecule has 5 heteroatoms. The monoisotopic (exact) mass is 158 g/mol. The highest BCUT2D eigenvalue weighted by Gasteiger charge is 2.08. The van der Waals surface area contributed by atoms with Gasteiger partial charge in [-0.25, -0.2) is 10.9 Å². The van der Waals surface area contributed by atoms with Gasteiger partial charge in [0, 0.05) is 13.0 Å². The molecule has 0 aliphatic heterocycles. The minimum Gasteiger partial charge on any atom is -0.392 e. The summed E-state index contributed by atoms with van der Waals surface area (Å²) in [5.41, 5.74) is 0. The highest BCUT2D eigenvalue weighted by Crippen LogP contribution is 1.83. The van der Waals surface area contributed by atoms with Gasteiger partial charge in [-0.2, -0.15) is 0 Å². The molecule has 0 heterocycles. The third-order valence-corrected chi connectivity index (χ3v) is 0.943. The fraction of sp³-hybridized carbons (Fsp3) is 0.333. The number of nitrogens with two attached hydrogens (primary N) is 1. The Kier molecular flexibility index (Phi) is 4.09. The molecule has 0 aliphatic carbocycles. The van der Waals surface area contributed by atoms with Crippen molar-refractivity contribution in [1.29, 1.82) is 0 Å². The summed E-state index contributed by atoms with van der Waals surface area (Å²) in [6.45, 7) is 0.919. The highest BCUT2D eigenvalue weighted by atomic mass is 16.2. The van der Waals surface area contributed by atoms with E-state index in [1.807, 2.05) is 0 Å². The fourth-order valence-electron chi connectivity index (χ4n) is 0.389. The van der Waals surface area contributed by atoms with E-state index in [1.54, 1.807) is 0 Å². The SMILES string of the molecule is CC(=O)N(N)C(=O)C=CCO. The second-order valence-corrected chi connectivity index (χ2v) is 1.81. The van der Waals surface area contributed by atoms with Crippen molar-refractivity contribution in [2.24, 2.45) is 5.84 Å². The highest BCUT2D eigenvalue weighted by molar-refractivity contribution is 5.99. The lowest BCUT2D eigenvalue weighted by molar-refractivity contribution is -0.140. The molecule has 2 amide bonds. The van der Waals surface area contributed by atoms with Gasteiger partial charge >= 0.3 is 0 Å². The fourth-order valence-corrected chi connectivity index (χ4v) is 0.389. The van der Waals surface area contributed by atoms with Gasteiger partial charge in [0.15, 0.2) is 0 Å². The predicted octanol–water partition coefficient (Wildman–Crippen LogP) is -1.22. The van der Waals surface area contributed by atoms with Crippen LogP contribution in [0.5, 0.6) is 0 Å². The van der Waals surface area contributed by atoms with Crippen molar-refractivity contribution >= 4 is 11.8 Å². The Morgan fingerprint density at radius 3 is 2.55 bits per heavy atom. The van der Waals surface area contributed by atoms with Gasteiger partial charge in [0.05, 0.1) is 6.61 Å². The zero-order valence-electron chi connectivity index (χ0n) is 6.15.